The number of aromatic hydroxyl groups is 1. The van der Waals surface area contributed by atoms with Gasteiger partial charge in [0.1, 0.15) is 28.6 Å². The van der Waals surface area contributed by atoms with E-state index in [1.807, 2.05) is 0 Å². The number of morpholine rings is 1. The Morgan fingerprint density at radius 2 is 1.69 bits per heavy atom. The number of hydrogen-bond acceptors (Lipinski definition) is 17. The van der Waals surface area contributed by atoms with E-state index in [0.717, 1.165) is 6.26 Å². The number of allylic oxidation sites excluding steroid dienone is 4. The van der Waals surface area contributed by atoms with Crippen molar-refractivity contribution in [3.8, 4) is 22.9 Å². The number of rotatable bonds is 6. The van der Waals surface area contributed by atoms with Gasteiger partial charge in [-0.05, 0) is 32.1 Å². The highest BCUT2D eigenvalue weighted by Crippen LogP contribution is 2.49. The molecule has 4 aliphatic heterocycles. The van der Waals surface area contributed by atoms with Gasteiger partial charge in [0, 0.05) is 74.2 Å². The first-order valence-corrected chi connectivity index (χ1v) is 22.3. The van der Waals surface area contributed by atoms with Gasteiger partial charge >= 0.3 is 5.79 Å². The largest absolute Gasteiger partial charge is 0.507 e. The van der Waals surface area contributed by atoms with Crippen LogP contribution in [-0.2, 0) is 30.3 Å². The summed E-state index contributed by atoms with van der Waals surface area (Å²) < 4.78 is 28.9. The lowest BCUT2D eigenvalue weighted by Gasteiger charge is -2.43. The summed E-state index contributed by atoms with van der Waals surface area (Å²) in [6.45, 7) is 10.9. The Hall–Kier alpha value is -6.51. The fourth-order valence-electron chi connectivity index (χ4n) is 9.13. The average molecular weight is 940 g/mol. The second kappa shape index (κ2) is 19.6. The van der Waals surface area contributed by atoms with Gasteiger partial charge in [0.25, 0.3) is 17.6 Å². The molecular formula is C49H57N5O14. The molecule has 19 nitrogen and oxygen atoms in total. The summed E-state index contributed by atoms with van der Waals surface area (Å²) >= 11 is 0. The van der Waals surface area contributed by atoms with E-state index in [4.69, 9.17) is 23.5 Å². The highest BCUT2D eigenvalue weighted by molar-refractivity contribution is 6.32. The van der Waals surface area contributed by atoms with Gasteiger partial charge in [-0.25, -0.2) is 0 Å². The van der Waals surface area contributed by atoms with Crippen molar-refractivity contribution in [3.05, 3.63) is 106 Å². The van der Waals surface area contributed by atoms with Crippen LogP contribution in [0.3, 0.4) is 0 Å². The zero-order chi connectivity index (χ0) is 49.4. The molecule has 2 aromatic heterocycles. The first-order chi connectivity index (χ1) is 32.3. The van der Waals surface area contributed by atoms with Crippen molar-refractivity contribution in [3.63, 3.8) is 0 Å². The number of aromatic nitrogens is 2. The Labute approximate surface area is 392 Å². The van der Waals surface area contributed by atoms with Crippen molar-refractivity contribution < 1.29 is 67.9 Å². The summed E-state index contributed by atoms with van der Waals surface area (Å²) in [5, 5.41) is 57.2. The van der Waals surface area contributed by atoms with Crippen LogP contribution in [0.25, 0.3) is 11.4 Å². The maximum Gasteiger partial charge on any atom is 0.312 e. The third kappa shape index (κ3) is 8.87. The number of nitrogens with one attached hydrogen (secondary N) is 2. The Morgan fingerprint density at radius 1 is 0.971 bits per heavy atom. The molecule has 362 valence electrons. The van der Waals surface area contributed by atoms with Crippen molar-refractivity contribution >= 4 is 29.2 Å². The Morgan fingerprint density at radius 3 is 2.37 bits per heavy atom. The second-order valence-electron chi connectivity index (χ2n) is 17.8. The van der Waals surface area contributed by atoms with Crippen LogP contribution in [0.1, 0.15) is 83.9 Å². The number of phenols is 1. The van der Waals surface area contributed by atoms with Gasteiger partial charge in [-0.1, -0.05) is 57.1 Å². The minimum atomic E-state index is -2.45. The van der Waals surface area contributed by atoms with Gasteiger partial charge in [-0.3, -0.25) is 29.0 Å². The van der Waals surface area contributed by atoms with Crippen LogP contribution in [0.15, 0.2) is 82.5 Å². The first kappa shape index (κ1) is 49.4. The number of carbonyl (C=O) groups is 5. The molecule has 0 unspecified atom stereocenters. The van der Waals surface area contributed by atoms with E-state index in [2.05, 4.69) is 20.8 Å². The molecule has 6 heterocycles. The van der Waals surface area contributed by atoms with E-state index in [1.54, 1.807) is 55.3 Å². The monoisotopic (exact) mass is 939 g/mol. The predicted molar refractivity (Wildman–Crippen MR) is 242 cm³/mol. The summed E-state index contributed by atoms with van der Waals surface area (Å²) in [7, 11) is 1.32. The normalized spacial score (nSPS) is 31.1. The number of Topliss-reactive ketones (excluding diaryl/α,β-unsaturated/α-hetero) is 3. The minimum absolute atomic E-state index is 0.0485. The molecule has 5 aliphatic rings. The van der Waals surface area contributed by atoms with Crippen molar-refractivity contribution in [1.29, 1.82) is 0 Å². The molecule has 6 N–H and O–H groups in total. The molecule has 1 saturated heterocycles. The highest BCUT2D eigenvalue weighted by atomic mass is 16.7. The quantitative estimate of drug-likeness (QED) is 0.207. The predicted octanol–water partition coefficient (Wildman–Crippen LogP) is 3.46. The smallest absolute Gasteiger partial charge is 0.312 e. The fraction of sp³-hybridized carbons (Fsp3) is 0.449. The molecule has 1 aromatic carbocycles. The maximum atomic E-state index is 14.8. The van der Waals surface area contributed by atoms with E-state index in [0.29, 0.717) is 11.4 Å². The average Bonchev–Trinajstić information content (AvgIpc) is 3.92. The zero-order valence-electron chi connectivity index (χ0n) is 39.1. The number of benzene rings is 1. The summed E-state index contributed by atoms with van der Waals surface area (Å²) in [6, 6.07) is 6.84. The van der Waals surface area contributed by atoms with E-state index >= 15 is 0 Å². The molecule has 9 atom stereocenters. The van der Waals surface area contributed by atoms with Gasteiger partial charge < -0.3 is 59.4 Å². The van der Waals surface area contributed by atoms with Crippen LogP contribution in [0.2, 0.25) is 0 Å². The maximum absolute atomic E-state index is 14.8. The second-order valence-corrected chi connectivity index (χ2v) is 17.8. The van der Waals surface area contributed by atoms with Crippen LogP contribution >= 0.6 is 0 Å². The van der Waals surface area contributed by atoms with Gasteiger partial charge in [0.15, 0.2) is 11.4 Å². The van der Waals surface area contributed by atoms with Crippen LogP contribution in [0.4, 0.5) is 0 Å². The van der Waals surface area contributed by atoms with Crippen LogP contribution in [0.5, 0.6) is 11.5 Å². The van der Waals surface area contributed by atoms with Crippen LogP contribution in [0, 0.1) is 30.6 Å². The van der Waals surface area contributed by atoms with E-state index in [1.165, 1.54) is 60.0 Å². The number of methoxy groups -OCH3 is 1. The lowest BCUT2D eigenvalue weighted by molar-refractivity contribution is -0.173. The van der Waals surface area contributed by atoms with Crippen molar-refractivity contribution in [1.82, 2.24) is 25.7 Å². The topological polar surface area (TPSA) is 269 Å². The zero-order valence-corrected chi connectivity index (χ0v) is 39.1. The molecule has 8 rings (SSSR count). The number of nitrogens with zero attached hydrogens (tertiary/aromatic N) is 3. The number of hydrogen-bond donors (Lipinski definition) is 6. The standard InChI is InChI=1S/C49H57N5O14/c1-24-12-11-13-25(2)46(61)52-37-38(54-17-20-65-21-18-54)43(59)34-35(42(37)58)41(57)27(4)44-36(34)45(60)48(7,67-44)66-19-15-33(64-8)28(5)49(63,29(6)40(56)26(3)39(24)55)47(62)51-23-30-22-32(53-68-30)31-14-9-10-16-50-31/h9-16,19,22,24,26,28-29,33,39-40,55-57,63H,17-18,20-21,23H2,1-8H3,(H,51,62)(H,52,61)/b12-11-,19-15-,25-13-/t24-,26+,28+,29+,33-,39-,40+,48-,49+/m0/s1. The molecule has 0 saturated carbocycles. The summed E-state index contributed by atoms with van der Waals surface area (Å²) in [5.74, 6) is -11.2. The molecule has 0 spiro atoms. The number of aliphatic hydroxyl groups is 3. The number of pyridine rings is 1. The lowest BCUT2D eigenvalue weighted by atomic mass is 9.69. The molecular weight excluding hydrogens is 883 g/mol. The van der Waals surface area contributed by atoms with Crippen LogP contribution < -0.4 is 15.4 Å². The van der Waals surface area contributed by atoms with Gasteiger partial charge in [-0.15, -0.1) is 0 Å². The molecule has 0 radical (unpaired) electrons. The molecule has 5 bridgehead atoms. The Kier molecular flexibility index (Phi) is 14.2. The van der Waals surface area contributed by atoms with E-state index < -0.39 is 105 Å². The summed E-state index contributed by atoms with van der Waals surface area (Å²) in [5.41, 5.74) is -3.31. The van der Waals surface area contributed by atoms with Crippen molar-refractivity contribution in [2.75, 3.05) is 33.4 Å². The third-order valence-corrected chi connectivity index (χ3v) is 13.5. The first-order valence-electron chi connectivity index (χ1n) is 22.3. The Bertz CT molecular complexity index is 2610. The van der Waals surface area contributed by atoms with Crippen LogP contribution in [-0.4, -0.2) is 128 Å². The number of phenolic OH excluding ortho intramolecular Hbond substituents is 1. The number of amides is 2. The van der Waals surface area contributed by atoms with Gasteiger partial charge in [0.2, 0.25) is 11.6 Å². The SMILES string of the molecule is CO[C@H]1/C=C\O[C@@]2(C)Oc3c(C)c(O)c4c(c3C2=O)C(=O)C(N2CCOCC2)=C(NC(=O)/C(C)=C\C=C/[C@H](C)[C@H](O)[C@@H](C)[C@@H](O)[C@@H](C)[C@@](O)(C(=O)NCc2cc(-c3ccccn3)no2)[C@@H]1C)C4=O. The molecule has 19 heteroatoms. The fourth-order valence-corrected chi connectivity index (χ4v) is 9.13. The van der Waals surface area contributed by atoms with Gasteiger partial charge in [-0.2, -0.15) is 0 Å². The Balaban J connectivity index is 1.29. The van der Waals surface area contributed by atoms with Crippen molar-refractivity contribution in [2.24, 2.45) is 23.7 Å². The molecule has 3 aromatic rings. The third-order valence-electron chi connectivity index (χ3n) is 13.5. The number of fused-ring (bicyclic) bond motifs is 14. The van der Waals surface area contributed by atoms with E-state index in [9.17, 15) is 44.4 Å². The summed E-state index contributed by atoms with van der Waals surface area (Å²) in [4.78, 5) is 78.0. The van der Waals surface area contributed by atoms with E-state index in [-0.39, 0.29) is 66.8 Å². The van der Waals surface area contributed by atoms with Gasteiger partial charge in [0.05, 0.1) is 66.7 Å². The summed E-state index contributed by atoms with van der Waals surface area (Å²) in [6.07, 6.45) is 4.59. The molecule has 1 fully saturated rings. The highest BCUT2D eigenvalue weighted by Gasteiger charge is 2.55. The number of aliphatic hydroxyl groups excluding tert-OH is 2. The van der Waals surface area contributed by atoms with Crippen molar-refractivity contribution in [2.45, 2.75) is 84.7 Å². The molecule has 2 amide bonds. The minimum Gasteiger partial charge on any atom is -0.507 e. The number of ether oxygens (including phenoxy) is 4. The lowest BCUT2D eigenvalue weighted by Crippen LogP contribution is -2.61. The number of ketones is 3. The number of carbonyl (C=O) groups excluding carboxylic acids is 5. The molecule has 68 heavy (non-hydrogen) atoms. The molecule has 1 aliphatic carbocycles.